The Bertz CT molecular complexity index is 615. The summed E-state index contributed by atoms with van der Waals surface area (Å²) in [7, 11) is 1.71. The van der Waals surface area contributed by atoms with E-state index in [1.165, 1.54) is 12.3 Å². The number of pyridine rings is 2. The average Bonchev–Trinajstić information content (AvgIpc) is 2.40. The molecule has 0 saturated heterocycles. The third-order valence-corrected chi connectivity index (χ3v) is 2.49. The summed E-state index contributed by atoms with van der Waals surface area (Å²) in [5.41, 5.74) is 1.21. The number of amides is 1. The third kappa shape index (κ3) is 3.04. The van der Waals surface area contributed by atoms with Crippen LogP contribution >= 0.6 is 0 Å². The van der Waals surface area contributed by atoms with Crippen LogP contribution in [0.1, 0.15) is 16.1 Å². The lowest BCUT2D eigenvalue weighted by molar-refractivity contribution is 0.102. The molecule has 98 valence electrons. The predicted octanol–water partition coefficient (Wildman–Crippen LogP) is 2.22. The number of nitrogens with one attached hydrogen (secondary N) is 2. The van der Waals surface area contributed by atoms with Crippen LogP contribution in [0.3, 0.4) is 0 Å². The first kappa shape index (κ1) is 12.9. The van der Waals surface area contributed by atoms with E-state index in [-0.39, 0.29) is 5.69 Å². The van der Waals surface area contributed by atoms with Crippen molar-refractivity contribution in [2.75, 3.05) is 17.7 Å². The minimum Gasteiger partial charge on any atom is -0.373 e. The first-order valence-electron chi connectivity index (χ1n) is 5.67. The summed E-state index contributed by atoms with van der Waals surface area (Å²) in [5, 5.41) is 5.36. The minimum absolute atomic E-state index is 0.0977. The highest BCUT2D eigenvalue weighted by Gasteiger charge is 2.11. The zero-order chi connectivity index (χ0) is 13.8. The van der Waals surface area contributed by atoms with E-state index in [1.807, 2.05) is 0 Å². The van der Waals surface area contributed by atoms with E-state index in [0.717, 1.165) is 6.20 Å². The topological polar surface area (TPSA) is 66.9 Å². The molecule has 19 heavy (non-hydrogen) atoms. The molecule has 6 heteroatoms. The van der Waals surface area contributed by atoms with Gasteiger partial charge in [0.05, 0.1) is 11.9 Å². The van der Waals surface area contributed by atoms with Gasteiger partial charge < -0.3 is 10.6 Å². The van der Waals surface area contributed by atoms with Crippen LogP contribution in [0.25, 0.3) is 0 Å². The molecule has 0 radical (unpaired) electrons. The van der Waals surface area contributed by atoms with E-state index in [0.29, 0.717) is 17.1 Å². The molecule has 0 fully saturated rings. The number of hydrogen-bond acceptors (Lipinski definition) is 4. The van der Waals surface area contributed by atoms with Gasteiger partial charge >= 0.3 is 0 Å². The van der Waals surface area contributed by atoms with Crippen molar-refractivity contribution in [3.8, 4) is 0 Å². The maximum atomic E-state index is 13.4. The minimum atomic E-state index is -0.574. The van der Waals surface area contributed by atoms with Gasteiger partial charge in [0, 0.05) is 24.5 Å². The van der Waals surface area contributed by atoms with Gasteiger partial charge in [-0.05, 0) is 25.1 Å². The molecule has 2 aromatic rings. The van der Waals surface area contributed by atoms with E-state index in [9.17, 15) is 9.18 Å². The highest BCUT2D eigenvalue weighted by atomic mass is 19.1. The largest absolute Gasteiger partial charge is 0.373 e. The van der Waals surface area contributed by atoms with Gasteiger partial charge in [0.1, 0.15) is 5.82 Å². The van der Waals surface area contributed by atoms with Gasteiger partial charge in [0.25, 0.3) is 5.91 Å². The van der Waals surface area contributed by atoms with Crippen molar-refractivity contribution in [3.63, 3.8) is 0 Å². The molecule has 0 saturated carbocycles. The third-order valence-electron chi connectivity index (χ3n) is 2.49. The summed E-state index contributed by atoms with van der Waals surface area (Å²) in [4.78, 5) is 19.8. The van der Waals surface area contributed by atoms with E-state index >= 15 is 0 Å². The molecule has 5 nitrogen and oxygen atoms in total. The fraction of sp³-hybridized carbons (Fsp3) is 0.154. The lowest BCUT2D eigenvalue weighted by Gasteiger charge is -2.08. The second-order valence-electron chi connectivity index (χ2n) is 3.94. The lowest BCUT2D eigenvalue weighted by atomic mass is 10.2. The number of rotatable bonds is 3. The summed E-state index contributed by atoms with van der Waals surface area (Å²) < 4.78 is 13.4. The van der Waals surface area contributed by atoms with E-state index in [4.69, 9.17) is 0 Å². The van der Waals surface area contributed by atoms with Crippen molar-refractivity contribution in [1.82, 2.24) is 9.97 Å². The van der Waals surface area contributed by atoms with Gasteiger partial charge in [0.2, 0.25) is 0 Å². The van der Waals surface area contributed by atoms with Gasteiger partial charge in [-0.3, -0.25) is 9.78 Å². The average molecular weight is 260 g/mol. The summed E-state index contributed by atoms with van der Waals surface area (Å²) in [5.74, 6) is -0.386. The number of nitrogens with zero attached hydrogens (tertiary/aromatic N) is 2. The van der Waals surface area contributed by atoms with Crippen LogP contribution in [0, 0.1) is 12.7 Å². The number of halogens is 1. The molecule has 0 aliphatic rings. The maximum Gasteiger partial charge on any atom is 0.255 e. The fourth-order valence-electron chi connectivity index (χ4n) is 1.60. The monoisotopic (exact) mass is 260 g/mol. The standard InChI is InChI=1S/C13H13FN4O/c1-8-5-9(6-12(15-2)17-8)13(19)18-11-3-4-16-7-10(11)14/h3-7H,1-2H3,(H,15,17)(H,16,18,19). The lowest BCUT2D eigenvalue weighted by Crippen LogP contribution is -2.14. The molecule has 0 spiro atoms. The molecule has 0 unspecified atom stereocenters. The number of aromatic nitrogens is 2. The van der Waals surface area contributed by atoms with Crippen LogP contribution < -0.4 is 10.6 Å². The van der Waals surface area contributed by atoms with Crippen LogP contribution in [-0.2, 0) is 0 Å². The molecule has 0 aliphatic carbocycles. The molecule has 2 rings (SSSR count). The highest BCUT2D eigenvalue weighted by molar-refractivity contribution is 6.04. The second kappa shape index (κ2) is 5.43. The molecular weight excluding hydrogens is 247 g/mol. The molecule has 0 bridgehead atoms. The van der Waals surface area contributed by atoms with Crippen molar-refractivity contribution >= 4 is 17.4 Å². The molecule has 0 aliphatic heterocycles. The number of carbonyl (C=O) groups is 1. The Morgan fingerprint density at radius 2 is 2.16 bits per heavy atom. The molecule has 0 atom stereocenters. The number of hydrogen-bond donors (Lipinski definition) is 2. The molecular formula is C13H13FN4O. The number of aryl methyl sites for hydroxylation is 1. The van der Waals surface area contributed by atoms with Gasteiger partial charge in [-0.2, -0.15) is 0 Å². The Balaban J connectivity index is 2.25. The van der Waals surface area contributed by atoms with Crippen molar-refractivity contribution in [1.29, 1.82) is 0 Å². The summed E-state index contributed by atoms with van der Waals surface area (Å²) in [6.07, 6.45) is 2.46. The van der Waals surface area contributed by atoms with Gasteiger partial charge in [-0.1, -0.05) is 0 Å². The SMILES string of the molecule is CNc1cc(C(=O)Nc2ccncc2F)cc(C)n1. The normalized spacial score (nSPS) is 10.1. The molecule has 1 amide bonds. The Labute approximate surface area is 109 Å². The summed E-state index contributed by atoms with van der Waals surface area (Å²) >= 11 is 0. The van der Waals surface area contributed by atoms with Gasteiger partial charge in [-0.15, -0.1) is 0 Å². The number of carbonyl (C=O) groups excluding carboxylic acids is 1. The second-order valence-corrected chi connectivity index (χ2v) is 3.94. The number of anilines is 2. The van der Waals surface area contributed by atoms with Crippen molar-refractivity contribution in [3.05, 3.63) is 47.7 Å². The van der Waals surface area contributed by atoms with Gasteiger partial charge in [0.15, 0.2) is 5.82 Å². The Hall–Kier alpha value is -2.50. The Kier molecular flexibility index (Phi) is 3.70. The first-order valence-corrected chi connectivity index (χ1v) is 5.67. The molecule has 2 aromatic heterocycles. The van der Waals surface area contributed by atoms with Gasteiger partial charge in [-0.25, -0.2) is 9.37 Å². The quantitative estimate of drug-likeness (QED) is 0.888. The first-order chi connectivity index (χ1) is 9.10. The van der Waals surface area contributed by atoms with E-state index < -0.39 is 11.7 Å². The van der Waals surface area contributed by atoms with Crippen LogP contribution in [0.4, 0.5) is 15.9 Å². The Morgan fingerprint density at radius 1 is 1.37 bits per heavy atom. The van der Waals surface area contributed by atoms with Crippen LogP contribution in [0.15, 0.2) is 30.6 Å². The fourth-order valence-corrected chi connectivity index (χ4v) is 1.60. The van der Waals surface area contributed by atoms with Crippen molar-refractivity contribution in [2.45, 2.75) is 6.92 Å². The smallest absolute Gasteiger partial charge is 0.255 e. The van der Waals surface area contributed by atoms with E-state index in [2.05, 4.69) is 20.6 Å². The predicted molar refractivity (Wildman–Crippen MR) is 70.7 cm³/mol. The highest BCUT2D eigenvalue weighted by Crippen LogP contribution is 2.15. The molecule has 2 heterocycles. The Morgan fingerprint density at radius 3 is 2.84 bits per heavy atom. The zero-order valence-electron chi connectivity index (χ0n) is 10.6. The van der Waals surface area contributed by atoms with Crippen LogP contribution in [-0.4, -0.2) is 22.9 Å². The summed E-state index contributed by atoms with van der Waals surface area (Å²) in [6.45, 7) is 1.78. The van der Waals surface area contributed by atoms with Crippen LogP contribution in [0.5, 0.6) is 0 Å². The zero-order valence-corrected chi connectivity index (χ0v) is 10.6. The van der Waals surface area contributed by atoms with Crippen molar-refractivity contribution < 1.29 is 9.18 Å². The molecule has 0 aromatic carbocycles. The van der Waals surface area contributed by atoms with Crippen LogP contribution in [0.2, 0.25) is 0 Å². The van der Waals surface area contributed by atoms with Crippen molar-refractivity contribution in [2.24, 2.45) is 0 Å². The maximum absolute atomic E-state index is 13.4. The van der Waals surface area contributed by atoms with E-state index in [1.54, 1.807) is 26.1 Å². The molecule has 2 N–H and O–H groups in total. The summed E-state index contributed by atoms with van der Waals surface area (Å²) in [6, 6.07) is 4.64.